The molecule has 1 aromatic heterocycles. The number of aromatic nitrogens is 2. The summed E-state index contributed by atoms with van der Waals surface area (Å²) in [5, 5.41) is 4.83. The first kappa shape index (κ1) is 24.3. The van der Waals surface area contributed by atoms with Gasteiger partial charge in [-0.1, -0.05) is 23.2 Å². The largest absolute Gasteiger partial charge is 0.484 e. The third kappa shape index (κ3) is 5.46. The molecule has 1 aliphatic carbocycles. The maximum Gasteiger partial charge on any atom is 0.316 e. The first-order valence-electron chi connectivity index (χ1n) is 10.8. The van der Waals surface area contributed by atoms with E-state index in [1.807, 2.05) is 11.8 Å². The highest BCUT2D eigenvalue weighted by Crippen LogP contribution is 2.33. The molecule has 9 nitrogen and oxygen atoms in total. The van der Waals surface area contributed by atoms with E-state index in [0.29, 0.717) is 60.8 Å². The van der Waals surface area contributed by atoms with E-state index >= 15 is 0 Å². The van der Waals surface area contributed by atoms with Crippen LogP contribution in [0.2, 0.25) is 10.0 Å². The molecule has 1 saturated carbocycles. The molecule has 2 aromatic rings. The second-order valence-corrected chi connectivity index (χ2v) is 11.0. The van der Waals surface area contributed by atoms with Crippen molar-refractivity contribution in [1.29, 1.82) is 0 Å². The maximum atomic E-state index is 13.4. The number of nitrogens with zero attached hydrogens (tertiary/aromatic N) is 4. The molecule has 0 atom stereocenters. The van der Waals surface area contributed by atoms with Crippen molar-refractivity contribution in [3.63, 3.8) is 0 Å². The predicted molar refractivity (Wildman–Crippen MR) is 128 cm³/mol. The highest BCUT2D eigenvalue weighted by atomic mass is 35.5. The van der Waals surface area contributed by atoms with Gasteiger partial charge in [0.2, 0.25) is 15.8 Å². The smallest absolute Gasteiger partial charge is 0.316 e. The number of hydrogen-bond donors (Lipinski definition) is 0. The fourth-order valence-electron chi connectivity index (χ4n) is 3.74. The van der Waals surface area contributed by atoms with Crippen molar-refractivity contribution in [3.05, 3.63) is 44.8 Å². The second kappa shape index (κ2) is 10.2. The minimum atomic E-state index is -3.23. The Hall–Kier alpha value is -1.85. The summed E-state index contributed by atoms with van der Waals surface area (Å²) in [7, 11) is -3.23. The summed E-state index contributed by atoms with van der Waals surface area (Å²) in [5.74, 6) is 0.124. The molecule has 33 heavy (non-hydrogen) atoms. The summed E-state index contributed by atoms with van der Waals surface area (Å²) in [4.78, 5) is 15.3. The van der Waals surface area contributed by atoms with Gasteiger partial charge in [-0.3, -0.25) is 4.79 Å². The van der Waals surface area contributed by atoms with E-state index in [2.05, 4.69) is 5.10 Å². The Kier molecular flexibility index (Phi) is 7.49. The van der Waals surface area contributed by atoms with Crippen molar-refractivity contribution < 1.29 is 17.9 Å². The van der Waals surface area contributed by atoms with E-state index in [4.69, 9.17) is 32.7 Å². The summed E-state index contributed by atoms with van der Waals surface area (Å²) >= 11 is 12.2. The number of hydrogen-bond acceptors (Lipinski definition) is 7. The van der Waals surface area contributed by atoms with Gasteiger partial charge in [0, 0.05) is 42.8 Å². The fourth-order valence-corrected chi connectivity index (χ4v) is 6.08. The number of anilines is 1. The zero-order chi connectivity index (χ0) is 23.6. The number of benzene rings is 1. The Morgan fingerprint density at radius 1 is 1.06 bits per heavy atom. The molecule has 2 heterocycles. The van der Waals surface area contributed by atoms with Crippen LogP contribution in [0.4, 0.5) is 5.69 Å². The van der Waals surface area contributed by atoms with Crippen LogP contribution in [0.15, 0.2) is 29.2 Å². The Bertz CT molecular complexity index is 1140. The molecule has 1 saturated heterocycles. The molecule has 2 fully saturated rings. The number of piperazine rings is 1. The molecule has 1 aliphatic heterocycles. The Balaban J connectivity index is 1.61. The van der Waals surface area contributed by atoms with Gasteiger partial charge < -0.3 is 14.4 Å². The average Bonchev–Trinajstić information content (AvgIpc) is 3.63. The first-order valence-corrected chi connectivity index (χ1v) is 13.1. The van der Waals surface area contributed by atoms with E-state index in [1.54, 1.807) is 28.7 Å². The van der Waals surface area contributed by atoms with Crippen LogP contribution in [-0.2, 0) is 14.8 Å². The van der Waals surface area contributed by atoms with Crippen molar-refractivity contribution in [2.75, 3.05) is 50.9 Å². The van der Waals surface area contributed by atoms with Gasteiger partial charge in [-0.2, -0.15) is 14.1 Å². The molecular formula is C21H26Cl2N4O5S. The minimum absolute atomic E-state index is 0.124. The molecular weight excluding hydrogens is 491 g/mol. The lowest BCUT2D eigenvalue weighted by molar-refractivity contribution is 0.109. The normalized spacial score (nSPS) is 17.4. The van der Waals surface area contributed by atoms with Gasteiger partial charge in [0.15, 0.2) is 0 Å². The zero-order valence-corrected chi connectivity index (χ0v) is 20.6. The second-order valence-electron chi connectivity index (χ2n) is 7.88. The van der Waals surface area contributed by atoms with Crippen LogP contribution in [0.5, 0.6) is 5.75 Å². The number of rotatable bonds is 9. The van der Waals surface area contributed by atoms with Crippen LogP contribution >= 0.6 is 23.2 Å². The van der Waals surface area contributed by atoms with Crippen LogP contribution in [0.25, 0.3) is 5.69 Å². The predicted octanol–water partition coefficient (Wildman–Crippen LogP) is 2.57. The molecule has 0 radical (unpaired) electrons. The zero-order valence-electron chi connectivity index (χ0n) is 18.2. The molecule has 0 spiro atoms. The van der Waals surface area contributed by atoms with Gasteiger partial charge >= 0.3 is 5.56 Å². The quantitative estimate of drug-likeness (QED) is 0.472. The van der Waals surface area contributed by atoms with E-state index in [-0.39, 0.29) is 17.6 Å². The lowest BCUT2D eigenvalue weighted by Gasteiger charge is -2.35. The van der Waals surface area contributed by atoms with Gasteiger partial charge in [0.1, 0.15) is 12.3 Å². The third-order valence-corrected chi connectivity index (χ3v) is 8.40. The minimum Gasteiger partial charge on any atom is -0.484 e. The van der Waals surface area contributed by atoms with Crippen molar-refractivity contribution in [2.45, 2.75) is 25.0 Å². The van der Waals surface area contributed by atoms with Gasteiger partial charge in [-0.25, -0.2) is 8.42 Å². The van der Waals surface area contributed by atoms with Crippen molar-refractivity contribution in [1.82, 2.24) is 14.1 Å². The number of halogens is 2. The summed E-state index contributed by atoms with van der Waals surface area (Å²) in [6.07, 6.45) is 3.02. The van der Waals surface area contributed by atoms with Gasteiger partial charge in [0.25, 0.3) is 0 Å². The Morgan fingerprint density at radius 3 is 2.33 bits per heavy atom. The van der Waals surface area contributed by atoms with Crippen LogP contribution in [0.1, 0.15) is 19.8 Å². The first-order chi connectivity index (χ1) is 15.8. The monoisotopic (exact) mass is 516 g/mol. The van der Waals surface area contributed by atoms with E-state index in [9.17, 15) is 13.2 Å². The fraction of sp³-hybridized carbons (Fsp3) is 0.524. The van der Waals surface area contributed by atoms with Crippen molar-refractivity contribution >= 4 is 38.9 Å². The highest BCUT2D eigenvalue weighted by molar-refractivity contribution is 7.90. The topological polar surface area (TPSA) is 94.0 Å². The summed E-state index contributed by atoms with van der Waals surface area (Å²) in [6.45, 7) is 4.50. The molecule has 0 bridgehead atoms. The summed E-state index contributed by atoms with van der Waals surface area (Å²) in [6, 6.07) is 4.75. The molecule has 4 rings (SSSR count). The number of ether oxygens (including phenoxy) is 2. The maximum absolute atomic E-state index is 13.4. The van der Waals surface area contributed by atoms with Crippen molar-refractivity contribution in [2.24, 2.45) is 0 Å². The van der Waals surface area contributed by atoms with E-state index < -0.39 is 15.6 Å². The molecule has 2 aliphatic rings. The third-order valence-electron chi connectivity index (χ3n) is 5.57. The Labute approximate surface area is 202 Å². The molecule has 0 unspecified atom stereocenters. The van der Waals surface area contributed by atoms with E-state index in [0.717, 1.165) is 12.8 Å². The van der Waals surface area contributed by atoms with E-state index in [1.165, 1.54) is 4.68 Å². The highest BCUT2D eigenvalue weighted by Gasteiger charge is 2.41. The molecule has 180 valence electrons. The van der Waals surface area contributed by atoms with Crippen molar-refractivity contribution in [3.8, 4) is 11.4 Å². The van der Waals surface area contributed by atoms with Crippen LogP contribution in [0, 0.1) is 0 Å². The van der Waals surface area contributed by atoms with Gasteiger partial charge in [0.05, 0.1) is 23.7 Å². The number of sulfonamides is 1. The SMILES string of the molecule is CCOCCOc1c(N2CCN(S(=O)(=O)C3CC3)CC2)cnn(-c2cc(Cl)cc(Cl)c2)c1=O. The molecule has 0 amide bonds. The van der Waals surface area contributed by atoms with Gasteiger partial charge in [-0.15, -0.1) is 0 Å². The lowest BCUT2D eigenvalue weighted by atomic mass is 10.3. The standard InChI is InChI=1S/C21H26Cl2N4O5S/c1-2-31-9-10-32-20-19(25-5-7-26(8-6-25)33(29,30)18-3-4-18)14-24-27(21(20)28)17-12-15(22)11-16(23)13-17/h11-14,18H,2-10H2,1H3. The summed E-state index contributed by atoms with van der Waals surface area (Å²) < 4.78 is 39.0. The molecule has 0 N–H and O–H groups in total. The van der Waals surface area contributed by atoms with Crippen LogP contribution < -0.4 is 15.2 Å². The molecule has 1 aromatic carbocycles. The summed E-state index contributed by atoms with van der Waals surface area (Å²) in [5.41, 5.74) is 0.471. The Morgan fingerprint density at radius 2 is 1.73 bits per heavy atom. The average molecular weight is 517 g/mol. The molecule has 12 heteroatoms. The van der Waals surface area contributed by atoms with Crippen LogP contribution in [-0.4, -0.2) is 73.8 Å². The lowest BCUT2D eigenvalue weighted by Crippen LogP contribution is -2.50. The van der Waals surface area contributed by atoms with Gasteiger partial charge in [-0.05, 0) is 38.0 Å². The van der Waals surface area contributed by atoms with Crippen LogP contribution in [0.3, 0.4) is 0 Å².